The van der Waals surface area contributed by atoms with Crippen LogP contribution < -0.4 is 0 Å². The number of hydrogen-bond acceptors (Lipinski definition) is 0. The van der Waals surface area contributed by atoms with Crippen LogP contribution in [0.5, 0.6) is 0 Å². The predicted molar refractivity (Wildman–Crippen MR) is 39.2 cm³/mol. The molecule has 0 atom stereocenters. The molecule has 0 aliphatic carbocycles. The highest BCUT2D eigenvalue weighted by atomic mass is 19.3. The normalized spacial score (nSPS) is 9.62. The van der Waals surface area contributed by atoms with Crippen LogP contribution in [0.15, 0.2) is 18.2 Å². The molecule has 0 aliphatic rings. The van der Waals surface area contributed by atoms with E-state index in [2.05, 4.69) is 0 Å². The second-order valence-electron chi connectivity index (χ2n) is 2.20. The largest absolute Gasteiger partial charge is 0.299 e. The molecule has 1 aromatic carbocycles. The van der Waals surface area contributed by atoms with Gasteiger partial charge in [-0.1, -0.05) is 5.92 Å². The van der Waals surface area contributed by atoms with Gasteiger partial charge in [0, 0.05) is 5.56 Å². The van der Waals surface area contributed by atoms with Crippen molar-refractivity contribution in [3.63, 3.8) is 0 Å². The van der Waals surface area contributed by atoms with E-state index in [-0.39, 0.29) is 5.56 Å². The van der Waals surface area contributed by atoms with Gasteiger partial charge >= 0.3 is 0 Å². The maximum Gasteiger partial charge on any atom is 0.299 e. The summed E-state index contributed by atoms with van der Waals surface area (Å²) in [4.78, 5) is 0. The lowest BCUT2D eigenvalue weighted by atomic mass is 10.2. The number of benzene rings is 1. The Balaban J connectivity index is 2.94. The van der Waals surface area contributed by atoms with E-state index in [0.717, 1.165) is 18.2 Å². The summed E-state index contributed by atoms with van der Waals surface area (Å²) in [7, 11) is 0. The zero-order valence-electron chi connectivity index (χ0n) is 6.32. The molecule has 4 heteroatoms. The van der Waals surface area contributed by atoms with Crippen molar-refractivity contribution >= 4 is 0 Å². The smallest absolute Gasteiger partial charge is 0.204 e. The SMILES string of the molecule is Fc1ccc(C#CC(F)F)cc1F. The summed E-state index contributed by atoms with van der Waals surface area (Å²) >= 11 is 0. The van der Waals surface area contributed by atoms with E-state index >= 15 is 0 Å². The molecule has 0 nitrogen and oxygen atoms in total. The standard InChI is InChI=1S/C9H4F4/c10-7-3-1-6(5-8(7)11)2-4-9(12)13/h1,3,5,9H. The number of alkyl halides is 2. The molecule has 0 aromatic heterocycles. The van der Waals surface area contributed by atoms with Crippen molar-refractivity contribution < 1.29 is 17.6 Å². The molecular weight excluding hydrogens is 184 g/mol. The number of hydrogen-bond donors (Lipinski definition) is 0. The molecule has 0 amide bonds. The summed E-state index contributed by atoms with van der Waals surface area (Å²) in [6.07, 6.45) is -2.77. The highest BCUT2D eigenvalue weighted by molar-refractivity contribution is 5.35. The van der Waals surface area contributed by atoms with Gasteiger partial charge in [-0.3, -0.25) is 0 Å². The van der Waals surface area contributed by atoms with E-state index in [1.807, 2.05) is 5.92 Å². The first-order chi connectivity index (χ1) is 6.09. The van der Waals surface area contributed by atoms with Gasteiger partial charge in [-0.25, -0.2) is 8.78 Å². The summed E-state index contributed by atoms with van der Waals surface area (Å²) in [5, 5.41) is 0. The summed E-state index contributed by atoms with van der Waals surface area (Å²) in [5.41, 5.74) is 0.0270. The van der Waals surface area contributed by atoms with Crippen LogP contribution in [0.4, 0.5) is 17.6 Å². The fourth-order valence-corrected chi connectivity index (χ4v) is 0.712. The maximum absolute atomic E-state index is 12.5. The minimum atomic E-state index is -2.77. The number of halogens is 4. The van der Waals surface area contributed by atoms with Crippen LogP contribution in [0.1, 0.15) is 5.56 Å². The number of rotatable bonds is 0. The predicted octanol–water partition coefficient (Wildman–Crippen LogP) is 2.58. The molecule has 0 bridgehead atoms. The second-order valence-corrected chi connectivity index (χ2v) is 2.20. The summed E-state index contributed by atoms with van der Waals surface area (Å²) in [6, 6.07) is 2.74. The third-order valence-electron chi connectivity index (χ3n) is 1.25. The molecule has 13 heavy (non-hydrogen) atoms. The molecule has 0 spiro atoms. The Bertz CT molecular complexity index is 360. The van der Waals surface area contributed by atoms with Crippen LogP contribution in [-0.2, 0) is 0 Å². The van der Waals surface area contributed by atoms with Gasteiger partial charge in [-0.05, 0) is 24.1 Å². The first-order valence-electron chi connectivity index (χ1n) is 3.34. The Labute approximate surface area is 72.2 Å². The molecular formula is C9H4F4. The lowest BCUT2D eigenvalue weighted by Crippen LogP contribution is -1.86. The molecule has 0 aliphatic heterocycles. The van der Waals surface area contributed by atoms with Crippen molar-refractivity contribution in [3.05, 3.63) is 35.4 Å². The van der Waals surface area contributed by atoms with Gasteiger partial charge in [-0.15, -0.1) is 0 Å². The van der Waals surface area contributed by atoms with Crippen LogP contribution >= 0.6 is 0 Å². The molecule has 0 radical (unpaired) electrons. The molecule has 0 N–H and O–H groups in total. The second kappa shape index (κ2) is 3.94. The van der Waals surface area contributed by atoms with Gasteiger partial charge in [-0.2, -0.15) is 8.78 Å². The zero-order chi connectivity index (χ0) is 9.84. The Kier molecular flexibility index (Phi) is 2.91. The van der Waals surface area contributed by atoms with Gasteiger partial charge in [0.15, 0.2) is 11.6 Å². The minimum Gasteiger partial charge on any atom is -0.204 e. The van der Waals surface area contributed by atoms with Gasteiger partial charge in [0.25, 0.3) is 6.43 Å². The van der Waals surface area contributed by atoms with Crippen LogP contribution in [0.2, 0.25) is 0 Å². The zero-order valence-corrected chi connectivity index (χ0v) is 6.32. The Morgan fingerprint density at radius 2 is 1.77 bits per heavy atom. The van der Waals surface area contributed by atoms with Crippen LogP contribution in [0.25, 0.3) is 0 Å². The first kappa shape index (κ1) is 9.59. The Morgan fingerprint density at radius 1 is 1.08 bits per heavy atom. The van der Waals surface area contributed by atoms with E-state index in [4.69, 9.17) is 0 Å². The van der Waals surface area contributed by atoms with Crippen LogP contribution in [0.3, 0.4) is 0 Å². The van der Waals surface area contributed by atoms with Crippen molar-refractivity contribution in [2.45, 2.75) is 6.43 Å². The van der Waals surface area contributed by atoms with E-state index < -0.39 is 18.1 Å². The highest BCUT2D eigenvalue weighted by Gasteiger charge is 2.00. The Morgan fingerprint density at radius 3 is 2.31 bits per heavy atom. The fourth-order valence-electron chi connectivity index (χ4n) is 0.712. The quantitative estimate of drug-likeness (QED) is 0.433. The summed E-state index contributed by atoms with van der Waals surface area (Å²) < 4.78 is 47.9. The van der Waals surface area contributed by atoms with E-state index in [0.29, 0.717) is 0 Å². The van der Waals surface area contributed by atoms with Gasteiger partial charge in [0.2, 0.25) is 0 Å². The maximum atomic E-state index is 12.5. The third-order valence-corrected chi connectivity index (χ3v) is 1.25. The highest BCUT2D eigenvalue weighted by Crippen LogP contribution is 2.07. The van der Waals surface area contributed by atoms with Crippen molar-refractivity contribution in [1.82, 2.24) is 0 Å². The van der Waals surface area contributed by atoms with Crippen molar-refractivity contribution in [2.75, 3.05) is 0 Å². The summed E-state index contributed by atoms with van der Waals surface area (Å²) in [5.74, 6) is 1.42. The van der Waals surface area contributed by atoms with Crippen molar-refractivity contribution in [2.24, 2.45) is 0 Å². The van der Waals surface area contributed by atoms with Crippen LogP contribution in [-0.4, -0.2) is 6.43 Å². The monoisotopic (exact) mass is 188 g/mol. The summed E-state index contributed by atoms with van der Waals surface area (Å²) in [6.45, 7) is 0. The molecule has 0 heterocycles. The molecule has 68 valence electrons. The third kappa shape index (κ3) is 2.79. The Hall–Kier alpha value is -1.50. The van der Waals surface area contributed by atoms with Gasteiger partial charge in [0.05, 0.1) is 0 Å². The fraction of sp³-hybridized carbons (Fsp3) is 0.111. The molecule has 0 saturated carbocycles. The lowest BCUT2D eigenvalue weighted by molar-refractivity contribution is 0.215. The molecule has 1 rings (SSSR count). The molecule has 0 fully saturated rings. The first-order valence-corrected chi connectivity index (χ1v) is 3.34. The molecule has 0 unspecified atom stereocenters. The minimum absolute atomic E-state index is 0.0270. The van der Waals surface area contributed by atoms with E-state index in [9.17, 15) is 17.6 Å². The molecule has 1 aromatic rings. The van der Waals surface area contributed by atoms with E-state index in [1.165, 1.54) is 5.92 Å². The van der Waals surface area contributed by atoms with Crippen LogP contribution in [0, 0.1) is 23.5 Å². The van der Waals surface area contributed by atoms with Crippen molar-refractivity contribution in [3.8, 4) is 11.8 Å². The van der Waals surface area contributed by atoms with Gasteiger partial charge in [0.1, 0.15) is 0 Å². The topological polar surface area (TPSA) is 0 Å². The van der Waals surface area contributed by atoms with Crippen molar-refractivity contribution in [1.29, 1.82) is 0 Å². The molecule has 0 saturated heterocycles. The average Bonchev–Trinajstić information content (AvgIpc) is 2.07. The average molecular weight is 188 g/mol. The lowest BCUT2D eigenvalue weighted by Gasteiger charge is -1.92. The van der Waals surface area contributed by atoms with Gasteiger partial charge < -0.3 is 0 Å². The van der Waals surface area contributed by atoms with E-state index in [1.54, 1.807) is 0 Å².